The normalized spacial score (nSPS) is 31.5. The van der Waals surface area contributed by atoms with Gasteiger partial charge in [0, 0.05) is 19.0 Å². The molecular formula is C14H26N2O. The first-order chi connectivity index (χ1) is 8.16. The van der Waals surface area contributed by atoms with Gasteiger partial charge in [-0.15, -0.1) is 0 Å². The number of nitrogens with zero attached hydrogens (tertiary/aromatic N) is 1. The van der Waals surface area contributed by atoms with E-state index in [1.54, 1.807) is 0 Å². The molecule has 2 aliphatic rings. The molecule has 0 aromatic heterocycles. The first-order valence-corrected chi connectivity index (χ1v) is 7.17. The van der Waals surface area contributed by atoms with E-state index in [0.717, 1.165) is 32.0 Å². The van der Waals surface area contributed by atoms with Gasteiger partial charge in [-0.1, -0.05) is 6.92 Å². The molecule has 2 aliphatic heterocycles. The molecule has 2 heterocycles. The lowest BCUT2D eigenvalue weighted by molar-refractivity contribution is -0.136. The van der Waals surface area contributed by atoms with E-state index < -0.39 is 0 Å². The number of nitrogens with one attached hydrogen (secondary N) is 1. The Morgan fingerprint density at radius 3 is 2.59 bits per heavy atom. The zero-order valence-corrected chi connectivity index (χ0v) is 11.2. The number of amides is 1. The van der Waals surface area contributed by atoms with Gasteiger partial charge in [0.25, 0.3) is 0 Å². The molecule has 1 N–H and O–H groups in total. The van der Waals surface area contributed by atoms with Crippen molar-refractivity contribution in [3.05, 3.63) is 0 Å². The lowest BCUT2D eigenvalue weighted by Gasteiger charge is -2.37. The maximum absolute atomic E-state index is 12.3. The van der Waals surface area contributed by atoms with Crippen molar-refractivity contribution in [1.29, 1.82) is 0 Å². The van der Waals surface area contributed by atoms with E-state index in [-0.39, 0.29) is 0 Å². The van der Waals surface area contributed by atoms with Crippen LogP contribution in [0.5, 0.6) is 0 Å². The third kappa shape index (κ3) is 3.44. The molecule has 1 amide bonds. The van der Waals surface area contributed by atoms with Gasteiger partial charge in [0.1, 0.15) is 0 Å². The fourth-order valence-corrected chi connectivity index (χ4v) is 3.23. The summed E-state index contributed by atoms with van der Waals surface area (Å²) in [6.45, 7) is 7.66. The summed E-state index contributed by atoms with van der Waals surface area (Å²) in [4.78, 5) is 14.4. The fourth-order valence-electron chi connectivity index (χ4n) is 3.23. The number of piperidine rings is 2. The predicted octanol–water partition coefficient (Wildman–Crippen LogP) is 2.02. The summed E-state index contributed by atoms with van der Waals surface area (Å²) in [5, 5.41) is 3.36. The van der Waals surface area contributed by atoms with Gasteiger partial charge in [-0.2, -0.15) is 0 Å². The fraction of sp³-hybridized carbons (Fsp3) is 0.929. The third-order valence-corrected chi connectivity index (χ3v) is 4.38. The second kappa shape index (κ2) is 5.85. The van der Waals surface area contributed by atoms with Gasteiger partial charge in [0.15, 0.2) is 0 Å². The van der Waals surface area contributed by atoms with Crippen molar-refractivity contribution in [2.45, 2.75) is 52.0 Å². The molecule has 98 valence electrons. The molecule has 0 spiro atoms. The summed E-state index contributed by atoms with van der Waals surface area (Å²) in [7, 11) is 0. The van der Waals surface area contributed by atoms with E-state index in [2.05, 4.69) is 24.1 Å². The Bertz CT molecular complexity index is 261. The van der Waals surface area contributed by atoms with Crippen LogP contribution in [-0.2, 0) is 4.79 Å². The molecular weight excluding hydrogens is 212 g/mol. The number of hydrogen-bond acceptors (Lipinski definition) is 2. The second-order valence-corrected chi connectivity index (χ2v) is 5.96. The van der Waals surface area contributed by atoms with Crippen LogP contribution in [-0.4, -0.2) is 36.5 Å². The molecule has 3 nitrogen and oxygen atoms in total. The summed E-state index contributed by atoms with van der Waals surface area (Å²) in [5.74, 6) is 1.81. The number of hydrogen-bond donors (Lipinski definition) is 1. The van der Waals surface area contributed by atoms with Crippen LogP contribution in [0.15, 0.2) is 0 Å². The van der Waals surface area contributed by atoms with Crippen LogP contribution in [0.3, 0.4) is 0 Å². The Labute approximate surface area is 105 Å². The number of rotatable bonds is 2. The Balaban J connectivity index is 1.82. The van der Waals surface area contributed by atoms with Crippen molar-refractivity contribution >= 4 is 5.91 Å². The summed E-state index contributed by atoms with van der Waals surface area (Å²) < 4.78 is 0. The average molecular weight is 238 g/mol. The standard InChI is InChI=1S/C14H26N2O/c1-11-5-8-16(12(2)9-11)14(17)10-13-3-6-15-7-4-13/h11-13,15H,3-10H2,1-2H3/t11-,12+/m1/s1. The lowest BCUT2D eigenvalue weighted by atomic mass is 9.90. The van der Waals surface area contributed by atoms with E-state index in [4.69, 9.17) is 0 Å². The second-order valence-electron chi connectivity index (χ2n) is 5.96. The van der Waals surface area contributed by atoms with Gasteiger partial charge in [-0.05, 0) is 57.5 Å². The van der Waals surface area contributed by atoms with Gasteiger partial charge in [-0.3, -0.25) is 4.79 Å². The highest BCUT2D eigenvalue weighted by Crippen LogP contribution is 2.25. The summed E-state index contributed by atoms with van der Waals surface area (Å²) in [6, 6.07) is 0.452. The number of carbonyl (C=O) groups is 1. The van der Waals surface area contributed by atoms with Crippen LogP contribution in [0, 0.1) is 11.8 Å². The molecule has 17 heavy (non-hydrogen) atoms. The predicted molar refractivity (Wildman–Crippen MR) is 69.8 cm³/mol. The highest BCUT2D eigenvalue weighted by atomic mass is 16.2. The molecule has 0 saturated carbocycles. The molecule has 0 aliphatic carbocycles. The smallest absolute Gasteiger partial charge is 0.223 e. The molecule has 2 saturated heterocycles. The van der Waals surface area contributed by atoms with Crippen LogP contribution < -0.4 is 5.32 Å². The molecule has 0 aromatic carbocycles. The molecule has 0 bridgehead atoms. The van der Waals surface area contributed by atoms with Crippen LogP contribution >= 0.6 is 0 Å². The zero-order chi connectivity index (χ0) is 12.3. The average Bonchev–Trinajstić information content (AvgIpc) is 2.30. The van der Waals surface area contributed by atoms with Gasteiger partial charge in [-0.25, -0.2) is 0 Å². The number of carbonyl (C=O) groups excluding carboxylic acids is 1. The maximum atomic E-state index is 12.3. The van der Waals surface area contributed by atoms with Crippen LogP contribution in [0.4, 0.5) is 0 Å². The van der Waals surface area contributed by atoms with E-state index in [1.807, 2.05) is 0 Å². The summed E-state index contributed by atoms with van der Waals surface area (Å²) in [5.41, 5.74) is 0. The van der Waals surface area contributed by atoms with Crippen molar-refractivity contribution < 1.29 is 4.79 Å². The molecule has 2 rings (SSSR count). The SMILES string of the molecule is C[C@@H]1CCN(C(=O)CC2CCNCC2)[C@@H](C)C1. The van der Waals surface area contributed by atoms with Gasteiger partial charge < -0.3 is 10.2 Å². The Kier molecular flexibility index (Phi) is 4.43. The van der Waals surface area contributed by atoms with Crippen molar-refractivity contribution in [3.8, 4) is 0 Å². The molecule has 3 heteroatoms. The minimum absolute atomic E-state index is 0.399. The van der Waals surface area contributed by atoms with Crippen molar-refractivity contribution in [2.24, 2.45) is 11.8 Å². The molecule has 2 atom stereocenters. The van der Waals surface area contributed by atoms with Gasteiger partial charge in [0.05, 0.1) is 0 Å². The largest absolute Gasteiger partial charge is 0.340 e. The summed E-state index contributed by atoms with van der Waals surface area (Å²) >= 11 is 0. The third-order valence-electron chi connectivity index (χ3n) is 4.38. The van der Waals surface area contributed by atoms with Gasteiger partial charge >= 0.3 is 0 Å². The topological polar surface area (TPSA) is 32.3 Å². The van der Waals surface area contributed by atoms with Crippen molar-refractivity contribution in [1.82, 2.24) is 10.2 Å². The quantitative estimate of drug-likeness (QED) is 0.798. The Morgan fingerprint density at radius 2 is 1.94 bits per heavy atom. The molecule has 0 radical (unpaired) electrons. The first kappa shape index (κ1) is 12.9. The van der Waals surface area contributed by atoms with Crippen molar-refractivity contribution in [3.63, 3.8) is 0 Å². The Morgan fingerprint density at radius 1 is 1.24 bits per heavy atom. The van der Waals surface area contributed by atoms with Crippen LogP contribution in [0.25, 0.3) is 0 Å². The molecule has 0 unspecified atom stereocenters. The van der Waals surface area contributed by atoms with E-state index >= 15 is 0 Å². The highest BCUT2D eigenvalue weighted by molar-refractivity contribution is 5.76. The van der Waals surface area contributed by atoms with E-state index in [9.17, 15) is 4.79 Å². The van der Waals surface area contributed by atoms with Crippen LogP contribution in [0.1, 0.15) is 46.0 Å². The van der Waals surface area contributed by atoms with Crippen LogP contribution in [0.2, 0.25) is 0 Å². The zero-order valence-electron chi connectivity index (χ0n) is 11.2. The van der Waals surface area contributed by atoms with E-state index in [1.165, 1.54) is 25.7 Å². The van der Waals surface area contributed by atoms with Crippen molar-refractivity contribution in [2.75, 3.05) is 19.6 Å². The highest BCUT2D eigenvalue weighted by Gasteiger charge is 2.28. The first-order valence-electron chi connectivity index (χ1n) is 7.17. The maximum Gasteiger partial charge on any atom is 0.223 e. The summed E-state index contributed by atoms with van der Waals surface area (Å²) in [6.07, 6.45) is 5.48. The minimum Gasteiger partial charge on any atom is -0.340 e. The minimum atomic E-state index is 0.399. The monoisotopic (exact) mass is 238 g/mol. The van der Waals surface area contributed by atoms with Gasteiger partial charge in [0.2, 0.25) is 5.91 Å². The molecule has 0 aromatic rings. The lowest BCUT2D eigenvalue weighted by Crippen LogP contribution is -2.45. The van der Waals surface area contributed by atoms with E-state index in [0.29, 0.717) is 17.9 Å². The molecule has 2 fully saturated rings. The number of likely N-dealkylation sites (tertiary alicyclic amines) is 1. The Hall–Kier alpha value is -0.570.